The van der Waals surface area contributed by atoms with E-state index in [0.717, 1.165) is 6.20 Å². The van der Waals surface area contributed by atoms with Crippen LogP contribution in [0, 0.1) is 11.3 Å². The Labute approximate surface area is 110 Å². The molecule has 0 aliphatic carbocycles. The van der Waals surface area contributed by atoms with Gasteiger partial charge in [0, 0.05) is 12.3 Å². The van der Waals surface area contributed by atoms with Crippen molar-refractivity contribution in [3.63, 3.8) is 0 Å². The SMILES string of the molecule is N#Cc1ccc(S(=O)(=O)Nc2cccc(O)c2)cn1. The fourth-order valence-electron chi connectivity index (χ4n) is 1.39. The highest BCUT2D eigenvalue weighted by atomic mass is 32.2. The van der Waals surface area contributed by atoms with E-state index in [1.807, 2.05) is 0 Å². The number of anilines is 1. The molecule has 7 heteroatoms. The first kappa shape index (κ1) is 12.9. The standard InChI is InChI=1S/C12H9N3O3S/c13-7-10-4-5-12(8-14-10)19(17,18)15-9-2-1-3-11(16)6-9/h1-6,8,15-16H. The summed E-state index contributed by atoms with van der Waals surface area (Å²) in [6.45, 7) is 0. The summed E-state index contributed by atoms with van der Waals surface area (Å²) in [6, 6.07) is 10.2. The lowest BCUT2D eigenvalue weighted by Gasteiger charge is -2.07. The Morgan fingerprint density at radius 1 is 1.26 bits per heavy atom. The molecule has 0 atom stereocenters. The lowest BCUT2D eigenvalue weighted by atomic mass is 10.3. The Bertz CT molecular complexity index is 734. The van der Waals surface area contributed by atoms with Gasteiger partial charge >= 0.3 is 0 Å². The third kappa shape index (κ3) is 3.00. The lowest BCUT2D eigenvalue weighted by molar-refractivity contribution is 0.475. The van der Waals surface area contributed by atoms with E-state index in [0.29, 0.717) is 0 Å². The van der Waals surface area contributed by atoms with Gasteiger partial charge in [-0.15, -0.1) is 0 Å². The molecule has 0 saturated carbocycles. The first-order chi connectivity index (χ1) is 9.01. The van der Waals surface area contributed by atoms with Crippen LogP contribution in [0.15, 0.2) is 47.5 Å². The van der Waals surface area contributed by atoms with Gasteiger partial charge in [-0.3, -0.25) is 4.72 Å². The summed E-state index contributed by atoms with van der Waals surface area (Å²) in [5, 5.41) is 17.9. The molecule has 0 bridgehead atoms. The zero-order chi connectivity index (χ0) is 13.9. The van der Waals surface area contributed by atoms with E-state index in [1.54, 1.807) is 6.07 Å². The number of aromatic hydroxyl groups is 1. The van der Waals surface area contributed by atoms with Crippen molar-refractivity contribution in [2.24, 2.45) is 0 Å². The average Bonchev–Trinajstić information content (AvgIpc) is 2.38. The number of sulfonamides is 1. The highest BCUT2D eigenvalue weighted by molar-refractivity contribution is 7.92. The van der Waals surface area contributed by atoms with E-state index in [1.165, 1.54) is 36.4 Å². The number of hydrogen-bond donors (Lipinski definition) is 2. The zero-order valence-electron chi connectivity index (χ0n) is 9.61. The molecule has 2 N–H and O–H groups in total. The predicted octanol–water partition coefficient (Wildman–Crippen LogP) is 1.46. The normalized spacial score (nSPS) is 10.7. The summed E-state index contributed by atoms with van der Waals surface area (Å²) in [6.07, 6.45) is 1.10. The minimum atomic E-state index is -3.79. The second-order valence-electron chi connectivity index (χ2n) is 3.65. The van der Waals surface area contributed by atoms with E-state index < -0.39 is 10.0 Å². The summed E-state index contributed by atoms with van der Waals surface area (Å²) in [5.41, 5.74) is 0.376. The van der Waals surface area contributed by atoms with Crippen LogP contribution in [0.4, 0.5) is 5.69 Å². The molecule has 0 radical (unpaired) electrons. The maximum absolute atomic E-state index is 12.0. The van der Waals surface area contributed by atoms with Crippen molar-refractivity contribution in [1.29, 1.82) is 5.26 Å². The fraction of sp³-hybridized carbons (Fsp3) is 0. The van der Waals surface area contributed by atoms with Crippen LogP contribution in [0.1, 0.15) is 5.69 Å². The highest BCUT2D eigenvalue weighted by Crippen LogP contribution is 2.19. The molecule has 6 nitrogen and oxygen atoms in total. The predicted molar refractivity (Wildman–Crippen MR) is 67.9 cm³/mol. The van der Waals surface area contributed by atoms with E-state index >= 15 is 0 Å². The minimum Gasteiger partial charge on any atom is -0.508 e. The number of nitriles is 1. The Hall–Kier alpha value is -2.59. The number of phenols is 1. The third-order valence-corrected chi connectivity index (χ3v) is 3.63. The molecule has 1 aromatic carbocycles. The molecule has 0 aliphatic rings. The van der Waals surface area contributed by atoms with E-state index in [4.69, 9.17) is 5.26 Å². The Balaban J connectivity index is 2.30. The van der Waals surface area contributed by atoms with Gasteiger partial charge < -0.3 is 5.11 Å². The second kappa shape index (κ2) is 4.96. The number of rotatable bonds is 3. The summed E-state index contributed by atoms with van der Waals surface area (Å²) >= 11 is 0. The van der Waals surface area contributed by atoms with Crippen LogP contribution in [0.2, 0.25) is 0 Å². The molecule has 0 aliphatic heterocycles. The van der Waals surface area contributed by atoms with Gasteiger partial charge in [0.05, 0.1) is 5.69 Å². The van der Waals surface area contributed by atoms with Gasteiger partial charge in [-0.05, 0) is 24.3 Å². The first-order valence-electron chi connectivity index (χ1n) is 5.19. The van der Waals surface area contributed by atoms with Gasteiger partial charge in [-0.2, -0.15) is 5.26 Å². The first-order valence-corrected chi connectivity index (χ1v) is 6.67. The molecule has 0 spiro atoms. The maximum Gasteiger partial charge on any atom is 0.263 e. The van der Waals surface area contributed by atoms with Crippen LogP contribution in [0.5, 0.6) is 5.75 Å². The zero-order valence-corrected chi connectivity index (χ0v) is 10.4. The number of nitrogens with zero attached hydrogens (tertiary/aromatic N) is 2. The average molecular weight is 275 g/mol. The van der Waals surface area contributed by atoms with Crippen LogP contribution in [-0.4, -0.2) is 18.5 Å². The smallest absolute Gasteiger partial charge is 0.263 e. The molecule has 1 heterocycles. The molecule has 0 saturated heterocycles. The number of aromatic nitrogens is 1. The molecular formula is C12H9N3O3S. The van der Waals surface area contributed by atoms with Crippen LogP contribution in [0.3, 0.4) is 0 Å². The van der Waals surface area contributed by atoms with Gasteiger partial charge in [0.25, 0.3) is 10.0 Å². The summed E-state index contributed by atoms with van der Waals surface area (Å²) in [4.78, 5) is 3.63. The highest BCUT2D eigenvalue weighted by Gasteiger charge is 2.14. The van der Waals surface area contributed by atoms with Crippen LogP contribution < -0.4 is 4.72 Å². The molecule has 0 fully saturated rings. The van der Waals surface area contributed by atoms with Crippen molar-refractivity contribution in [3.8, 4) is 11.8 Å². The Kier molecular flexibility index (Phi) is 3.35. The van der Waals surface area contributed by atoms with Crippen molar-refractivity contribution in [1.82, 2.24) is 4.98 Å². The molecule has 0 amide bonds. The van der Waals surface area contributed by atoms with Crippen LogP contribution >= 0.6 is 0 Å². The molecule has 96 valence electrons. The molecular weight excluding hydrogens is 266 g/mol. The van der Waals surface area contributed by atoms with Crippen molar-refractivity contribution >= 4 is 15.7 Å². The van der Waals surface area contributed by atoms with E-state index in [2.05, 4.69) is 9.71 Å². The van der Waals surface area contributed by atoms with Crippen molar-refractivity contribution in [2.45, 2.75) is 4.90 Å². The molecule has 2 rings (SSSR count). The largest absolute Gasteiger partial charge is 0.508 e. The quantitative estimate of drug-likeness (QED) is 0.882. The van der Waals surface area contributed by atoms with E-state index in [-0.39, 0.29) is 22.0 Å². The maximum atomic E-state index is 12.0. The van der Waals surface area contributed by atoms with Crippen molar-refractivity contribution in [2.75, 3.05) is 4.72 Å². The summed E-state index contributed by atoms with van der Waals surface area (Å²) < 4.78 is 26.3. The summed E-state index contributed by atoms with van der Waals surface area (Å²) in [5.74, 6) is -0.0434. The van der Waals surface area contributed by atoms with Crippen LogP contribution in [-0.2, 0) is 10.0 Å². The van der Waals surface area contributed by atoms with Gasteiger partial charge in [-0.25, -0.2) is 13.4 Å². The van der Waals surface area contributed by atoms with Crippen molar-refractivity contribution < 1.29 is 13.5 Å². The number of pyridine rings is 1. The molecule has 1 aromatic heterocycles. The van der Waals surface area contributed by atoms with Crippen molar-refractivity contribution in [3.05, 3.63) is 48.3 Å². The lowest BCUT2D eigenvalue weighted by Crippen LogP contribution is -2.13. The topological polar surface area (TPSA) is 103 Å². The number of hydrogen-bond acceptors (Lipinski definition) is 5. The number of benzene rings is 1. The monoisotopic (exact) mass is 275 g/mol. The number of nitrogens with one attached hydrogen (secondary N) is 1. The number of phenolic OH excluding ortho intramolecular Hbond substituents is 1. The summed E-state index contributed by atoms with van der Waals surface area (Å²) in [7, 11) is -3.79. The third-order valence-electron chi connectivity index (χ3n) is 2.26. The molecule has 0 unspecified atom stereocenters. The van der Waals surface area contributed by atoms with Crippen LogP contribution in [0.25, 0.3) is 0 Å². The minimum absolute atomic E-state index is 0.0434. The van der Waals surface area contributed by atoms with E-state index in [9.17, 15) is 13.5 Å². The second-order valence-corrected chi connectivity index (χ2v) is 5.33. The Morgan fingerprint density at radius 3 is 2.63 bits per heavy atom. The molecule has 2 aromatic rings. The fourth-order valence-corrected chi connectivity index (χ4v) is 2.38. The van der Waals surface area contributed by atoms with Gasteiger partial charge in [-0.1, -0.05) is 6.07 Å². The van der Waals surface area contributed by atoms with Gasteiger partial charge in [0.2, 0.25) is 0 Å². The molecule has 19 heavy (non-hydrogen) atoms. The van der Waals surface area contributed by atoms with Gasteiger partial charge in [0.1, 0.15) is 22.4 Å². The Morgan fingerprint density at radius 2 is 2.05 bits per heavy atom. The van der Waals surface area contributed by atoms with Gasteiger partial charge in [0.15, 0.2) is 0 Å².